The summed E-state index contributed by atoms with van der Waals surface area (Å²) in [4.78, 5) is 27.2. The van der Waals surface area contributed by atoms with Crippen LogP contribution in [-0.4, -0.2) is 38.1 Å². The number of nitrogens with one attached hydrogen (secondary N) is 1. The van der Waals surface area contributed by atoms with Crippen molar-refractivity contribution in [2.75, 3.05) is 31.1 Å². The smallest absolute Gasteiger partial charge is 0.338 e. The maximum atomic E-state index is 13.1. The third-order valence-electron chi connectivity index (χ3n) is 5.90. The summed E-state index contributed by atoms with van der Waals surface area (Å²) in [5.41, 5.74) is 3.41. The molecule has 0 aromatic heterocycles. The van der Waals surface area contributed by atoms with Crippen molar-refractivity contribution >= 4 is 29.2 Å². The molecule has 2 aromatic rings. The van der Waals surface area contributed by atoms with Crippen molar-refractivity contribution in [3.8, 4) is 0 Å². The molecule has 33 heavy (non-hydrogen) atoms. The zero-order chi connectivity index (χ0) is 24.2. The number of nitrogens with zero attached hydrogens (tertiary/aromatic N) is 1. The highest BCUT2D eigenvalue weighted by Crippen LogP contribution is 2.42. The van der Waals surface area contributed by atoms with Crippen molar-refractivity contribution in [1.29, 1.82) is 0 Å². The van der Waals surface area contributed by atoms with Crippen molar-refractivity contribution in [3.63, 3.8) is 0 Å². The van der Waals surface area contributed by atoms with Crippen LogP contribution in [-0.2, 0) is 11.2 Å². The zero-order valence-electron chi connectivity index (χ0n) is 20.3. The average Bonchev–Trinajstić information content (AvgIpc) is 2.72. The fourth-order valence-corrected chi connectivity index (χ4v) is 5.24. The summed E-state index contributed by atoms with van der Waals surface area (Å²) in [5.74, 6) is -0.452. The van der Waals surface area contributed by atoms with E-state index in [1.54, 1.807) is 25.1 Å². The molecule has 0 saturated carbocycles. The maximum absolute atomic E-state index is 13.1. The molecule has 0 aliphatic carbocycles. The second kappa shape index (κ2) is 10.2. The molecule has 1 saturated heterocycles. The Morgan fingerprint density at radius 2 is 1.67 bits per heavy atom. The van der Waals surface area contributed by atoms with Crippen LogP contribution in [0.3, 0.4) is 0 Å². The molecule has 1 N–H and O–H groups in total. The van der Waals surface area contributed by atoms with Crippen molar-refractivity contribution in [3.05, 3.63) is 64.2 Å². The van der Waals surface area contributed by atoms with Crippen molar-refractivity contribution in [1.82, 2.24) is 5.32 Å². The van der Waals surface area contributed by atoms with Crippen LogP contribution in [0.4, 0.5) is 5.69 Å². The number of halogens is 1. The Bertz CT molecular complexity index is 983. The van der Waals surface area contributed by atoms with Crippen LogP contribution in [0.15, 0.2) is 42.5 Å². The molecule has 1 amide bonds. The van der Waals surface area contributed by atoms with Gasteiger partial charge >= 0.3 is 5.97 Å². The number of benzene rings is 2. The molecule has 0 atom stereocenters. The van der Waals surface area contributed by atoms with E-state index in [1.165, 1.54) is 0 Å². The summed E-state index contributed by atoms with van der Waals surface area (Å²) in [6.07, 6.45) is 1.80. The van der Waals surface area contributed by atoms with Gasteiger partial charge in [0.25, 0.3) is 5.91 Å². The zero-order valence-corrected chi connectivity index (χ0v) is 21.1. The minimum absolute atomic E-state index is 0.128. The first-order chi connectivity index (χ1) is 15.5. The van der Waals surface area contributed by atoms with Crippen LogP contribution in [0.25, 0.3) is 0 Å². The van der Waals surface area contributed by atoms with Gasteiger partial charge in [0.2, 0.25) is 0 Å². The van der Waals surface area contributed by atoms with E-state index in [-0.39, 0.29) is 22.7 Å². The average molecular weight is 471 g/mol. The fourth-order valence-electron chi connectivity index (χ4n) is 5.07. The Hall–Kier alpha value is -2.53. The van der Waals surface area contributed by atoms with E-state index in [0.717, 1.165) is 30.8 Å². The van der Waals surface area contributed by atoms with E-state index in [4.69, 9.17) is 16.3 Å². The van der Waals surface area contributed by atoms with E-state index in [1.807, 2.05) is 24.3 Å². The van der Waals surface area contributed by atoms with Crippen LogP contribution >= 0.6 is 11.6 Å². The SMILES string of the molecule is CCOC(=O)c1ccc(CCNC(=O)c2cc(Cl)ccc2N2CC(C)(C)CC(C)(C)C2)cc1. The molecule has 0 unspecified atom stereocenters. The van der Waals surface area contributed by atoms with Crippen LogP contribution in [0, 0.1) is 10.8 Å². The summed E-state index contributed by atoms with van der Waals surface area (Å²) in [6.45, 7) is 13.5. The highest BCUT2D eigenvalue weighted by atomic mass is 35.5. The van der Waals surface area contributed by atoms with Gasteiger partial charge in [0.05, 0.1) is 17.7 Å². The van der Waals surface area contributed by atoms with E-state index < -0.39 is 0 Å². The quantitative estimate of drug-likeness (QED) is 0.523. The lowest BCUT2D eigenvalue weighted by Gasteiger charge is -2.48. The number of ether oxygens (including phenoxy) is 1. The first-order valence-electron chi connectivity index (χ1n) is 11.6. The van der Waals surface area contributed by atoms with Gasteiger partial charge in [-0.15, -0.1) is 0 Å². The van der Waals surface area contributed by atoms with Gasteiger partial charge in [-0.05, 0) is 66.5 Å². The normalized spacial score (nSPS) is 16.8. The molecule has 178 valence electrons. The van der Waals surface area contributed by atoms with Gasteiger partial charge in [-0.25, -0.2) is 4.79 Å². The van der Waals surface area contributed by atoms with Gasteiger partial charge in [0.1, 0.15) is 0 Å². The maximum Gasteiger partial charge on any atom is 0.338 e. The Morgan fingerprint density at radius 1 is 1.03 bits per heavy atom. The van der Waals surface area contributed by atoms with E-state index in [0.29, 0.717) is 35.7 Å². The second-order valence-corrected chi connectivity index (χ2v) is 10.9. The van der Waals surface area contributed by atoms with Crippen molar-refractivity contribution in [2.24, 2.45) is 10.8 Å². The number of carbonyl (C=O) groups is 2. The topological polar surface area (TPSA) is 58.6 Å². The standard InChI is InChI=1S/C27H35ClN2O3/c1-6-33-25(32)20-9-7-19(8-10-20)13-14-29-24(31)22-15-21(28)11-12-23(22)30-17-26(2,3)16-27(4,5)18-30/h7-12,15H,6,13-14,16-18H2,1-5H3,(H,29,31). The third-order valence-corrected chi connectivity index (χ3v) is 6.14. The predicted octanol–water partition coefficient (Wildman–Crippen LogP) is 5.75. The molecule has 1 fully saturated rings. The van der Waals surface area contributed by atoms with Crippen molar-refractivity contribution < 1.29 is 14.3 Å². The van der Waals surface area contributed by atoms with Crippen LogP contribution < -0.4 is 10.2 Å². The molecule has 0 bridgehead atoms. The molecule has 1 heterocycles. The highest BCUT2D eigenvalue weighted by molar-refractivity contribution is 6.31. The number of anilines is 1. The number of esters is 1. The van der Waals surface area contributed by atoms with E-state index >= 15 is 0 Å². The Morgan fingerprint density at radius 3 is 2.27 bits per heavy atom. The summed E-state index contributed by atoms with van der Waals surface area (Å²) >= 11 is 6.27. The molecule has 6 heteroatoms. The van der Waals surface area contributed by atoms with Crippen LogP contribution in [0.2, 0.25) is 5.02 Å². The fraction of sp³-hybridized carbons (Fsp3) is 0.481. The minimum Gasteiger partial charge on any atom is -0.462 e. The Kier molecular flexibility index (Phi) is 7.73. The monoisotopic (exact) mass is 470 g/mol. The molecule has 0 radical (unpaired) electrons. The van der Waals surface area contributed by atoms with Gasteiger partial charge in [-0.1, -0.05) is 51.4 Å². The highest BCUT2D eigenvalue weighted by Gasteiger charge is 2.38. The van der Waals surface area contributed by atoms with Crippen LogP contribution in [0.5, 0.6) is 0 Å². The number of carbonyl (C=O) groups excluding carboxylic acids is 2. The first kappa shape index (κ1) is 25.1. The summed E-state index contributed by atoms with van der Waals surface area (Å²) < 4.78 is 5.02. The van der Waals surface area contributed by atoms with Gasteiger partial charge < -0.3 is 15.0 Å². The molecule has 1 aliphatic heterocycles. The second-order valence-electron chi connectivity index (χ2n) is 10.4. The van der Waals surface area contributed by atoms with E-state index in [2.05, 4.69) is 37.9 Å². The molecule has 1 aliphatic rings. The van der Waals surface area contributed by atoms with E-state index in [9.17, 15) is 9.59 Å². The van der Waals surface area contributed by atoms with Gasteiger partial charge in [0.15, 0.2) is 0 Å². The van der Waals surface area contributed by atoms with Gasteiger partial charge in [0, 0.05) is 30.3 Å². The third kappa shape index (κ3) is 6.73. The molecule has 3 rings (SSSR count). The molecular formula is C27H35ClN2O3. The number of hydrogen-bond acceptors (Lipinski definition) is 4. The summed E-state index contributed by atoms with van der Waals surface area (Å²) in [5, 5.41) is 3.59. The lowest BCUT2D eigenvalue weighted by Crippen LogP contribution is -2.49. The minimum atomic E-state index is -0.324. The molecule has 0 spiro atoms. The number of hydrogen-bond donors (Lipinski definition) is 1. The van der Waals surface area contributed by atoms with Crippen molar-refractivity contribution in [2.45, 2.75) is 47.5 Å². The Labute approximate surface area is 202 Å². The predicted molar refractivity (Wildman–Crippen MR) is 134 cm³/mol. The largest absolute Gasteiger partial charge is 0.462 e. The van der Waals surface area contributed by atoms with Gasteiger partial charge in [-0.3, -0.25) is 4.79 Å². The number of piperidine rings is 1. The van der Waals surface area contributed by atoms with Gasteiger partial charge in [-0.2, -0.15) is 0 Å². The lowest BCUT2D eigenvalue weighted by atomic mass is 9.71. The lowest BCUT2D eigenvalue weighted by molar-refractivity contribution is 0.0526. The molecule has 5 nitrogen and oxygen atoms in total. The number of amides is 1. The summed E-state index contributed by atoms with van der Waals surface area (Å²) in [6, 6.07) is 12.9. The Balaban J connectivity index is 1.68. The first-order valence-corrected chi connectivity index (χ1v) is 12.0. The van der Waals surface area contributed by atoms with Crippen LogP contribution in [0.1, 0.15) is 67.3 Å². The summed E-state index contributed by atoms with van der Waals surface area (Å²) in [7, 11) is 0. The molecule has 2 aromatic carbocycles. The molecular weight excluding hydrogens is 436 g/mol. The number of rotatable bonds is 7.